The first kappa shape index (κ1) is 21.1. The Kier molecular flexibility index (Phi) is 4.99. The maximum absolute atomic E-state index is 2.43. The Balaban J connectivity index is 1.49. The van der Waals surface area contributed by atoms with E-state index in [4.69, 9.17) is 0 Å². The molecule has 0 aliphatic heterocycles. The van der Waals surface area contributed by atoms with Crippen molar-refractivity contribution in [3.8, 4) is 11.1 Å². The van der Waals surface area contributed by atoms with Crippen LogP contribution in [-0.2, 0) is 18.3 Å². The lowest BCUT2D eigenvalue weighted by Gasteiger charge is -2.32. The van der Waals surface area contributed by atoms with E-state index >= 15 is 0 Å². The minimum absolute atomic E-state index is 0.220. The van der Waals surface area contributed by atoms with Crippen LogP contribution < -0.4 is 10.9 Å². The van der Waals surface area contributed by atoms with Gasteiger partial charge in [-0.2, -0.15) is 0 Å². The molecule has 0 nitrogen and oxygen atoms in total. The van der Waals surface area contributed by atoms with E-state index in [1.165, 1.54) is 67.9 Å². The van der Waals surface area contributed by atoms with Crippen LogP contribution in [0.2, 0.25) is 0 Å². The normalized spacial score (nSPS) is 12.9. The Hall–Kier alpha value is -3.51. The van der Waals surface area contributed by atoms with Gasteiger partial charge in [0.2, 0.25) is 0 Å². The Labute approximate surface area is 204 Å². The molecule has 0 heterocycles. The summed E-state index contributed by atoms with van der Waals surface area (Å²) in [6.45, 7) is 2.36. The summed E-state index contributed by atoms with van der Waals surface area (Å²) in [5, 5.41) is 2.79. The summed E-state index contributed by atoms with van der Waals surface area (Å²) >= 11 is 0. The molecule has 0 aromatic heterocycles. The fourth-order valence-electron chi connectivity index (χ4n) is 5.59. The lowest BCUT2D eigenvalue weighted by Crippen LogP contribution is -2.26. The second kappa shape index (κ2) is 8.06. The van der Waals surface area contributed by atoms with Crippen molar-refractivity contribution in [3.05, 3.63) is 131 Å². The number of rotatable bonds is 4. The molecular formula is C32H28B2. The molecule has 0 fully saturated rings. The van der Waals surface area contributed by atoms with E-state index in [0.29, 0.717) is 0 Å². The number of aryl methyl sites for hydroxylation is 2. The molecule has 0 amide bonds. The van der Waals surface area contributed by atoms with E-state index in [1.54, 1.807) is 5.56 Å². The molecule has 0 saturated heterocycles. The van der Waals surface area contributed by atoms with Crippen LogP contribution in [0.1, 0.15) is 34.7 Å². The van der Waals surface area contributed by atoms with Crippen molar-refractivity contribution >= 4 is 37.4 Å². The van der Waals surface area contributed by atoms with Gasteiger partial charge in [-0.3, -0.25) is 0 Å². The molecule has 6 rings (SSSR count). The second-order valence-electron chi connectivity index (χ2n) is 10.0. The molecule has 0 spiro atoms. The molecule has 5 aromatic rings. The third kappa shape index (κ3) is 3.32. The van der Waals surface area contributed by atoms with Crippen LogP contribution in [0.4, 0.5) is 0 Å². The van der Waals surface area contributed by atoms with E-state index in [0.717, 1.165) is 0 Å². The molecule has 2 heteroatoms. The van der Waals surface area contributed by atoms with Crippen LogP contribution in [0.25, 0.3) is 21.9 Å². The van der Waals surface area contributed by atoms with Gasteiger partial charge in [-0.05, 0) is 69.5 Å². The van der Waals surface area contributed by atoms with E-state index in [-0.39, 0.29) is 5.41 Å². The third-order valence-corrected chi connectivity index (χ3v) is 7.92. The molecule has 162 valence electrons. The van der Waals surface area contributed by atoms with Crippen LogP contribution in [0.15, 0.2) is 103 Å². The Morgan fingerprint density at radius 3 is 1.59 bits per heavy atom. The molecule has 5 aromatic carbocycles. The fraction of sp³-hybridized carbons (Fsp3) is 0.125. The molecule has 1 aliphatic carbocycles. The summed E-state index contributed by atoms with van der Waals surface area (Å²) < 4.78 is 0. The van der Waals surface area contributed by atoms with Crippen molar-refractivity contribution in [2.24, 2.45) is 0 Å². The molecule has 0 saturated carbocycles. The van der Waals surface area contributed by atoms with E-state index in [2.05, 4.69) is 126 Å². The predicted octanol–water partition coefficient (Wildman–Crippen LogP) is 4.48. The van der Waals surface area contributed by atoms with Crippen LogP contribution in [0.5, 0.6) is 0 Å². The number of benzene rings is 5. The molecule has 0 N–H and O–H groups in total. The van der Waals surface area contributed by atoms with Gasteiger partial charge < -0.3 is 0 Å². The van der Waals surface area contributed by atoms with E-state index in [9.17, 15) is 0 Å². The standard InChI is InChI=1S/C32H28B2/c1-32(24-11-15-26(33)16-12-24,25-13-17-27(34)18-14-25)23-9-6-21(7-10-23)31-20-22-8-19-28(22)29-4-2-3-5-30(29)31/h2-7,9-18,20H,8,19,33-34H2,1H3. The summed E-state index contributed by atoms with van der Waals surface area (Å²) in [7, 11) is 4.31. The molecule has 0 radical (unpaired) electrons. The zero-order valence-electron chi connectivity index (χ0n) is 20.2. The summed E-state index contributed by atoms with van der Waals surface area (Å²) in [5.74, 6) is 0. The fourth-order valence-corrected chi connectivity index (χ4v) is 5.59. The van der Waals surface area contributed by atoms with Gasteiger partial charge in [0.25, 0.3) is 0 Å². The van der Waals surface area contributed by atoms with Crippen LogP contribution in [0.3, 0.4) is 0 Å². The first-order valence-electron chi connectivity index (χ1n) is 12.3. The van der Waals surface area contributed by atoms with Crippen molar-refractivity contribution in [1.82, 2.24) is 0 Å². The first-order valence-corrected chi connectivity index (χ1v) is 12.3. The SMILES string of the molecule is Bc1ccc(C(C)(c2ccc(B)cc2)c2ccc(-c3cc4c(c5ccccc35)CC4)cc2)cc1. The zero-order chi connectivity index (χ0) is 23.3. The zero-order valence-corrected chi connectivity index (χ0v) is 20.2. The maximum atomic E-state index is 2.43. The topological polar surface area (TPSA) is 0 Å². The van der Waals surface area contributed by atoms with Gasteiger partial charge in [-0.15, -0.1) is 0 Å². The highest BCUT2D eigenvalue weighted by molar-refractivity contribution is 6.32. The molecule has 0 atom stereocenters. The molecular weight excluding hydrogens is 406 g/mol. The second-order valence-corrected chi connectivity index (χ2v) is 10.0. The number of hydrogen-bond donors (Lipinski definition) is 0. The lowest BCUT2D eigenvalue weighted by atomic mass is 9.70. The number of hydrogen-bond acceptors (Lipinski definition) is 0. The minimum Gasteiger partial charge on any atom is -0.0889 e. The van der Waals surface area contributed by atoms with Crippen molar-refractivity contribution in [2.45, 2.75) is 25.2 Å². The Morgan fingerprint density at radius 2 is 1.09 bits per heavy atom. The average molecular weight is 434 g/mol. The smallest absolute Gasteiger partial charge is 0.0889 e. The lowest BCUT2D eigenvalue weighted by molar-refractivity contribution is 0.693. The van der Waals surface area contributed by atoms with Crippen LogP contribution in [-0.4, -0.2) is 15.7 Å². The Bertz CT molecular complexity index is 1450. The van der Waals surface area contributed by atoms with Gasteiger partial charge in [0, 0.05) is 5.41 Å². The molecule has 0 bridgehead atoms. The molecule has 0 unspecified atom stereocenters. The van der Waals surface area contributed by atoms with Crippen molar-refractivity contribution in [2.75, 3.05) is 0 Å². The van der Waals surface area contributed by atoms with Crippen molar-refractivity contribution in [1.29, 1.82) is 0 Å². The quantitative estimate of drug-likeness (QED) is 0.289. The highest BCUT2D eigenvalue weighted by Gasteiger charge is 2.31. The van der Waals surface area contributed by atoms with Gasteiger partial charge in [0.05, 0.1) is 0 Å². The summed E-state index contributed by atoms with van der Waals surface area (Å²) in [6.07, 6.45) is 2.41. The Morgan fingerprint density at radius 1 is 0.588 bits per heavy atom. The predicted molar refractivity (Wildman–Crippen MR) is 152 cm³/mol. The maximum Gasteiger partial charge on any atom is 0.139 e. The highest BCUT2D eigenvalue weighted by atomic mass is 14.3. The number of fused-ring (bicyclic) bond motifs is 3. The van der Waals surface area contributed by atoms with Crippen molar-refractivity contribution < 1.29 is 0 Å². The summed E-state index contributed by atoms with van der Waals surface area (Å²) in [4.78, 5) is 0. The monoisotopic (exact) mass is 434 g/mol. The van der Waals surface area contributed by atoms with Crippen molar-refractivity contribution in [3.63, 3.8) is 0 Å². The van der Waals surface area contributed by atoms with Gasteiger partial charge in [0.1, 0.15) is 15.7 Å². The minimum atomic E-state index is -0.220. The molecule has 34 heavy (non-hydrogen) atoms. The largest absolute Gasteiger partial charge is 0.139 e. The van der Waals surface area contributed by atoms with Gasteiger partial charge in [-0.25, -0.2) is 0 Å². The average Bonchev–Trinajstić information content (AvgIpc) is 2.85. The molecule has 1 aliphatic rings. The first-order chi connectivity index (χ1) is 16.5. The third-order valence-electron chi connectivity index (χ3n) is 7.92. The van der Waals surface area contributed by atoms with Crippen LogP contribution in [0, 0.1) is 0 Å². The van der Waals surface area contributed by atoms with E-state index in [1.807, 2.05) is 0 Å². The van der Waals surface area contributed by atoms with Gasteiger partial charge >= 0.3 is 0 Å². The highest BCUT2D eigenvalue weighted by Crippen LogP contribution is 2.41. The summed E-state index contributed by atoms with van der Waals surface area (Å²) in [6, 6.07) is 38.7. The van der Waals surface area contributed by atoms with Gasteiger partial charge in [0.15, 0.2) is 0 Å². The summed E-state index contributed by atoms with van der Waals surface area (Å²) in [5.41, 5.74) is 12.0. The van der Waals surface area contributed by atoms with Crippen LogP contribution >= 0.6 is 0 Å². The van der Waals surface area contributed by atoms with E-state index < -0.39 is 0 Å². The van der Waals surface area contributed by atoms with Gasteiger partial charge in [-0.1, -0.05) is 114 Å².